The molecule has 144 valence electrons. The maximum atomic E-state index is 13.0. The van der Waals surface area contributed by atoms with Gasteiger partial charge in [0.2, 0.25) is 5.91 Å². The standard InChI is InChI=1S/C21H24FNO4/c1-13(2)20(15-7-10-18(26-3)19(11-15)27-4)21(25)23-12-17(24)14-5-8-16(22)9-6-14/h5-11,13,20H,12H2,1-4H3,(H,23,25). The Labute approximate surface area is 158 Å². The van der Waals surface area contributed by atoms with Crippen LogP contribution >= 0.6 is 0 Å². The molecule has 2 aromatic carbocycles. The SMILES string of the molecule is COc1ccc(C(C(=O)NCC(=O)c2ccc(F)cc2)C(C)C)cc1OC. The summed E-state index contributed by atoms with van der Waals surface area (Å²) < 4.78 is 23.5. The predicted molar refractivity (Wildman–Crippen MR) is 101 cm³/mol. The average molecular weight is 373 g/mol. The second-order valence-electron chi connectivity index (χ2n) is 6.48. The first kappa shape index (κ1) is 20.4. The molecule has 6 heteroatoms. The minimum absolute atomic E-state index is 0.00373. The number of hydrogen-bond acceptors (Lipinski definition) is 4. The summed E-state index contributed by atoms with van der Waals surface area (Å²) in [5.41, 5.74) is 1.12. The summed E-state index contributed by atoms with van der Waals surface area (Å²) in [5, 5.41) is 2.69. The van der Waals surface area contributed by atoms with Crippen molar-refractivity contribution >= 4 is 11.7 Å². The molecule has 2 aromatic rings. The molecule has 5 nitrogen and oxygen atoms in total. The van der Waals surface area contributed by atoms with Crippen LogP contribution in [0, 0.1) is 11.7 Å². The Balaban J connectivity index is 2.13. The number of carbonyl (C=O) groups is 2. The van der Waals surface area contributed by atoms with E-state index in [1.807, 2.05) is 19.9 Å². The third-order valence-corrected chi connectivity index (χ3v) is 4.31. The van der Waals surface area contributed by atoms with E-state index in [1.54, 1.807) is 19.2 Å². The molecule has 1 N–H and O–H groups in total. The second kappa shape index (κ2) is 9.16. The molecule has 0 saturated carbocycles. The molecule has 0 aliphatic heterocycles. The number of ether oxygens (including phenoxy) is 2. The number of rotatable bonds is 8. The Kier molecular flexibility index (Phi) is 6.93. The lowest BCUT2D eigenvalue weighted by molar-refractivity contribution is -0.123. The number of hydrogen-bond donors (Lipinski definition) is 1. The maximum absolute atomic E-state index is 13.0. The summed E-state index contributed by atoms with van der Waals surface area (Å²) >= 11 is 0. The van der Waals surface area contributed by atoms with Crippen molar-refractivity contribution in [2.24, 2.45) is 5.92 Å². The molecule has 0 spiro atoms. The molecule has 0 saturated heterocycles. The van der Waals surface area contributed by atoms with Gasteiger partial charge in [0, 0.05) is 5.56 Å². The van der Waals surface area contributed by atoms with Crippen molar-refractivity contribution in [3.63, 3.8) is 0 Å². The highest BCUT2D eigenvalue weighted by Gasteiger charge is 2.25. The summed E-state index contributed by atoms with van der Waals surface area (Å²) in [5.74, 6) is -0.281. The van der Waals surface area contributed by atoms with E-state index in [2.05, 4.69) is 5.32 Å². The Morgan fingerprint density at radius 2 is 1.63 bits per heavy atom. The van der Waals surface area contributed by atoms with Crippen molar-refractivity contribution < 1.29 is 23.5 Å². The number of carbonyl (C=O) groups excluding carboxylic acids is 2. The Morgan fingerprint density at radius 1 is 1.00 bits per heavy atom. The zero-order valence-electron chi connectivity index (χ0n) is 15.9. The Morgan fingerprint density at radius 3 is 2.19 bits per heavy atom. The summed E-state index contributed by atoms with van der Waals surface area (Å²) in [6.45, 7) is 3.71. The van der Waals surface area contributed by atoms with Crippen LogP contribution in [0.15, 0.2) is 42.5 Å². The van der Waals surface area contributed by atoms with E-state index in [9.17, 15) is 14.0 Å². The van der Waals surface area contributed by atoms with Crippen molar-refractivity contribution in [3.05, 3.63) is 59.4 Å². The van der Waals surface area contributed by atoms with Gasteiger partial charge in [0.25, 0.3) is 0 Å². The van der Waals surface area contributed by atoms with E-state index in [0.29, 0.717) is 17.1 Å². The van der Waals surface area contributed by atoms with Gasteiger partial charge in [-0.1, -0.05) is 19.9 Å². The van der Waals surface area contributed by atoms with Gasteiger partial charge in [-0.05, 0) is 47.9 Å². The van der Waals surface area contributed by atoms with Crippen molar-refractivity contribution in [2.75, 3.05) is 20.8 Å². The summed E-state index contributed by atoms with van der Waals surface area (Å²) in [4.78, 5) is 24.9. The quantitative estimate of drug-likeness (QED) is 0.719. The number of benzene rings is 2. The molecule has 0 aliphatic rings. The van der Waals surface area contributed by atoms with Crippen LogP contribution in [0.1, 0.15) is 35.7 Å². The third-order valence-electron chi connectivity index (χ3n) is 4.31. The van der Waals surface area contributed by atoms with Crippen LogP contribution in [-0.2, 0) is 4.79 Å². The van der Waals surface area contributed by atoms with E-state index in [4.69, 9.17) is 9.47 Å². The fourth-order valence-corrected chi connectivity index (χ4v) is 2.90. The van der Waals surface area contributed by atoms with E-state index in [1.165, 1.54) is 31.4 Å². The smallest absolute Gasteiger partial charge is 0.228 e. The first-order chi connectivity index (χ1) is 12.9. The Hall–Kier alpha value is -2.89. The van der Waals surface area contributed by atoms with E-state index in [0.717, 1.165) is 5.56 Å². The average Bonchev–Trinajstić information content (AvgIpc) is 2.66. The number of halogens is 1. The second-order valence-corrected chi connectivity index (χ2v) is 6.48. The molecule has 0 fully saturated rings. The van der Waals surface area contributed by atoms with Gasteiger partial charge >= 0.3 is 0 Å². The molecule has 1 atom stereocenters. The van der Waals surface area contributed by atoms with Crippen LogP contribution in [0.2, 0.25) is 0 Å². The van der Waals surface area contributed by atoms with Gasteiger partial charge < -0.3 is 14.8 Å². The van der Waals surface area contributed by atoms with Crippen LogP contribution in [0.3, 0.4) is 0 Å². The fourth-order valence-electron chi connectivity index (χ4n) is 2.90. The summed E-state index contributed by atoms with van der Waals surface area (Å²) in [7, 11) is 3.08. The van der Waals surface area contributed by atoms with Crippen molar-refractivity contribution in [3.8, 4) is 11.5 Å². The van der Waals surface area contributed by atoms with Crippen LogP contribution < -0.4 is 14.8 Å². The van der Waals surface area contributed by atoms with Gasteiger partial charge in [-0.3, -0.25) is 9.59 Å². The largest absolute Gasteiger partial charge is 0.493 e. The molecule has 0 aromatic heterocycles. The number of ketones is 1. The number of methoxy groups -OCH3 is 2. The highest BCUT2D eigenvalue weighted by molar-refractivity contribution is 5.99. The molecule has 1 unspecified atom stereocenters. The summed E-state index contributed by atoms with van der Waals surface area (Å²) in [6.07, 6.45) is 0. The van der Waals surface area contributed by atoms with Crippen molar-refractivity contribution in [2.45, 2.75) is 19.8 Å². The monoisotopic (exact) mass is 373 g/mol. The molecule has 1 amide bonds. The van der Waals surface area contributed by atoms with Gasteiger partial charge in [0.05, 0.1) is 26.7 Å². The van der Waals surface area contributed by atoms with Crippen LogP contribution in [0.5, 0.6) is 11.5 Å². The molecule has 0 radical (unpaired) electrons. The topological polar surface area (TPSA) is 64.6 Å². The lowest BCUT2D eigenvalue weighted by Crippen LogP contribution is -2.35. The number of nitrogens with one attached hydrogen (secondary N) is 1. The van der Waals surface area contributed by atoms with Gasteiger partial charge in [-0.15, -0.1) is 0 Å². The van der Waals surface area contributed by atoms with E-state index in [-0.39, 0.29) is 24.2 Å². The van der Waals surface area contributed by atoms with Crippen LogP contribution in [-0.4, -0.2) is 32.5 Å². The van der Waals surface area contributed by atoms with Crippen molar-refractivity contribution in [1.82, 2.24) is 5.32 Å². The minimum atomic E-state index is -0.453. The van der Waals surface area contributed by atoms with Crippen molar-refractivity contribution in [1.29, 1.82) is 0 Å². The predicted octanol–water partition coefficient (Wildman–Crippen LogP) is 3.58. The highest BCUT2D eigenvalue weighted by Crippen LogP contribution is 2.33. The normalized spacial score (nSPS) is 11.8. The first-order valence-corrected chi connectivity index (χ1v) is 8.65. The molecule has 27 heavy (non-hydrogen) atoms. The van der Waals surface area contributed by atoms with E-state index < -0.39 is 11.7 Å². The fraction of sp³-hybridized carbons (Fsp3) is 0.333. The van der Waals surface area contributed by atoms with Gasteiger partial charge in [-0.2, -0.15) is 0 Å². The zero-order valence-corrected chi connectivity index (χ0v) is 15.9. The van der Waals surface area contributed by atoms with Crippen LogP contribution in [0.4, 0.5) is 4.39 Å². The maximum Gasteiger partial charge on any atom is 0.228 e. The summed E-state index contributed by atoms with van der Waals surface area (Å²) in [6, 6.07) is 10.6. The van der Waals surface area contributed by atoms with Gasteiger partial charge in [0.1, 0.15) is 5.82 Å². The molecular weight excluding hydrogens is 349 g/mol. The lowest BCUT2D eigenvalue weighted by atomic mass is 9.87. The molecule has 0 aliphatic carbocycles. The highest BCUT2D eigenvalue weighted by atomic mass is 19.1. The minimum Gasteiger partial charge on any atom is -0.493 e. The lowest BCUT2D eigenvalue weighted by Gasteiger charge is -2.21. The number of amides is 1. The zero-order chi connectivity index (χ0) is 20.0. The molecule has 0 bridgehead atoms. The van der Waals surface area contributed by atoms with Crippen LogP contribution in [0.25, 0.3) is 0 Å². The van der Waals surface area contributed by atoms with E-state index >= 15 is 0 Å². The molecular formula is C21H24FNO4. The molecule has 0 heterocycles. The first-order valence-electron chi connectivity index (χ1n) is 8.65. The third kappa shape index (κ3) is 5.06. The number of Topliss-reactive ketones (excluding diaryl/α,β-unsaturated/α-hetero) is 1. The molecule has 2 rings (SSSR count). The van der Waals surface area contributed by atoms with Gasteiger partial charge in [-0.25, -0.2) is 4.39 Å². The Bertz CT molecular complexity index is 802. The van der Waals surface area contributed by atoms with Gasteiger partial charge in [0.15, 0.2) is 17.3 Å².